The molecule has 0 aliphatic carbocycles. The maximum Gasteiger partial charge on any atom is 0.176 e. The number of nitriles is 1. The third-order valence-corrected chi connectivity index (χ3v) is 2.26. The summed E-state index contributed by atoms with van der Waals surface area (Å²) < 4.78 is 0. The molecule has 0 aromatic heterocycles. The topological polar surface area (TPSA) is 35.8 Å². The van der Waals surface area contributed by atoms with Gasteiger partial charge in [-0.2, -0.15) is 5.26 Å². The van der Waals surface area contributed by atoms with E-state index < -0.39 is 0 Å². The van der Waals surface area contributed by atoms with E-state index in [0.29, 0.717) is 5.92 Å². The largest absolute Gasteiger partial charge is 0.324 e. The summed E-state index contributed by atoms with van der Waals surface area (Å²) in [7, 11) is 0. The van der Waals surface area contributed by atoms with Crippen LogP contribution in [0.25, 0.3) is 0 Å². The molecule has 0 aromatic rings. The van der Waals surface area contributed by atoms with Crippen molar-refractivity contribution in [1.82, 2.24) is 5.32 Å². The third kappa shape index (κ3) is 6.03. The predicted octanol–water partition coefficient (Wildman–Crippen LogP) is 2.66. The van der Waals surface area contributed by atoms with Gasteiger partial charge < -0.3 is 5.32 Å². The summed E-state index contributed by atoms with van der Waals surface area (Å²) in [5, 5.41) is 11.1. The second-order valence-corrected chi connectivity index (χ2v) is 3.26. The molecule has 0 radical (unpaired) electrons. The Balaban J connectivity index is 3.34. The molecule has 0 saturated carbocycles. The zero-order valence-electron chi connectivity index (χ0n) is 8.27. The van der Waals surface area contributed by atoms with Crippen molar-refractivity contribution in [2.24, 2.45) is 5.92 Å². The first-order valence-electron chi connectivity index (χ1n) is 4.97. The minimum atomic E-state index is 0.691. The summed E-state index contributed by atoms with van der Waals surface area (Å²) in [5.74, 6) is 0.691. The lowest BCUT2D eigenvalue weighted by molar-refractivity contribution is 0.437. The van der Waals surface area contributed by atoms with Crippen LogP contribution in [0.4, 0.5) is 0 Å². The lowest BCUT2D eigenvalue weighted by atomic mass is 9.99. The third-order valence-electron chi connectivity index (χ3n) is 2.26. The number of hydrogen-bond donors (Lipinski definition) is 1. The number of nitrogens with one attached hydrogen (secondary N) is 1. The van der Waals surface area contributed by atoms with Crippen molar-refractivity contribution in [3.05, 3.63) is 0 Å². The lowest BCUT2D eigenvalue weighted by Crippen LogP contribution is -2.17. The van der Waals surface area contributed by atoms with Gasteiger partial charge in [0.2, 0.25) is 0 Å². The number of unbranched alkanes of at least 4 members (excludes halogenated alkanes) is 2. The first-order valence-corrected chi connectivity index (χ1v) is 4.97. The second kappa shape index (κ2) is 8.39. The van der Waals surface area contributed by atoms with Crippen molar-refractivity contribution in [3.8, 4) is 6.19 Å². The Morgan fingerprint density at radius 1 is 1.33 bits per heavy atom. The van der Waals surface area contributed by atoms with Gasteiger partial charge in [-0.05, 0) is 12.3 Å². The van der Waals surface area contributed by atoms with E-state index in [4.69, 9.17) is 5.26 Å². The molecule has 1 atom stereocenters. The van der Waals surface area contributed by atoms with Gasteiger partial charge in [-0.15, -0.1) is 0 Å². The van der Waals surface area contributed by atoms with Crippen LogP contribution in [0, 0.1) is 17.4 Å². The molecule has 0 aliphatic rings. The quantitative estimate of drug-likeness (QED) is 0.360. The maximum atomic E-state index is 8.32. The second-order valence-electron chi connectivity index (χ2n) is 3.26. The fraction of sp³-hybridized carbons (Fsp3) is 0.900. The molecule has 0 spiro atoms. The van der Waals surface area contributed by atoms with Crippen LogP contribution < -0.4 is 5.32 Å². The molecule has 1 unspecified atom stereocenters. The van der Waals surface area contributed by atoms with Gasteiger partial charge in [-0.25, -0.2) is 0 Å². The van der Waals surface area contributed by atoms with Gasteiger partial charge in [0.15, 0.2) is 6.19 Å². The van der Waals surface area contributed by atoms with Crippen molar-refractivity contribution in [3.63, 3.8) is 0 Å². The minimum absolute atomic E-state index is 0.691. The van der Waals surface area contributed by atoms with Gasteiger partial charge >= 0.3 is 0 Å². The highest BCUT2D eigenvalue weighted by molar-refractivity contribution is 4.69. The molecular weight excluding hydrogens is 148 g/mol. The zero-order valence-corrected chi connectivity index (χ0v) is 8.27. The van der Waals surface area contributed by atoms with Crippen molar-refractivity contribution >= 4 is 0 Å². The normalized spacial score (nSPS) is 12.1. The summed E-state index contributed by atoms with van der Waals surface area (Å²) in [6, 6.07) is 0. The van der Waals surface area contributed by atoms with Crippen molar-refractivity contribution < 1.29 is 0 Å². The van der Waals surface area contributed by atoms with Gasteiger partial charge in [0.25, 0.3) is 0 Å². The highest BCUT2D eigenvalue weighted by Gasteiger charge is 2.04. The van der Waals surface area contributed by atoms with Gasteiger partial charge in [0.1, 0.15) is 0 Å². The van der Waals surface area contributed by atoms with Crippen LogP contribution >= 0.6 is 0 Å². The Bertz CT molecular complexity index is 126. The molecule has 70 valence electrons. The van der Waals surface area contributed by atoms with Crippen molar-refractivity contribution in [2.45, 2.75) is 46.0 Å². The maximum absolute atomic E-state index is 8.32. The van der Waals surface area contributed by atoms with Crippen LogP contribution in [0.1, 0.15) is 46.0 Å². The molecule has 2 nitrogen and oxygen atoms in total. The minimum Gasteiger partial charge on any atom is -0.324 e. The average molecular weight is 168 g/mol. The standard InChI is InChI=1S/C10H20N2/c1-3-5-6-7-10(4-2)8-12-9-11/h10,12H,3-8H2,1-2H3. The first kappa shape index (κ1) is 11.3. The van der Waals surface area contributed by atoms with Crippen LogP contribution in [0.3, 0.4) is 0 Å². The predicted molar refractivity (Wildman–Crippen MR) is 51.5 cm³/mol. The van der Waals surface area contributed by atoms with Gasteiger partial charge in [0, 0.05) is 6.54 Å². The lowest BCUT2D eigenvalue weighted by Gasteiger charge is -2.12. The molecule has 0 aliphatic heterocycles. The molecule has 0 heterocycles. The Hall–Kier alpha value is -0.710. The summed E-state index contributed by atoms with van der Waals surface area (Å²) in [6.07, 6.45) is 8.32. The summed E-state index contributed by atoms with van der Waals surface area (Å²) in [4.78, 5) is 0. The van der Waals surface area contributed by atoms with E-state index in [0.717, 1.165) is 6.54 Å². The van der Waals surface area contributed by atoms with Crippen LogP contribution in [0.2, 0.25) is 0 Å². The molecule has 12 heavy (non-hydrogen) atoms. The molecule has 0 amide bonds. The van der Waals surface area contributed by atoms with Gasteiger partial charge in [-0.1, -0.05) is 39.5 Å². The molecule has 1 N–H and O–H groups in total. The Labute approximate surface area is 76.0 Å². The van der Waals surface area contributed by atoms with E-state index >= 15 is 0 Å². The zero-order chi connectivity index (χ0) is 9.23. The number of rotatable bonds is 7. The average Bonchev–Trinajstić information content (AvgIpc) is 2.11. The van der Waals surface area contributed by atoms with Crippen LogP contribution in [-0.2, 0) is 0 Å². The summed E-state index contributed by atoms with van der Waals surface area (Å²) >= 11 is 0. The Kier molecular flexibility index (Phi) is 7.89. The summed E-state index contributed by atoms with van der Waals surface area (Å²) in [5.41, 5.74) is 0. The van der Waals surface area contributed by atoms with Crippen molar-refractivity contribution in [2.75, 3.05) is 6.54 Å². The SMILES string of the molecule is CCCCCC(CC)CNC#N. The fourth-order valence-electron chi connectivity index (χ4n) is 1.32. The van der Waals surface area contributed by atoms with E-state index in [1.54, 1.807) is 0 Å². The van der Waals surface area contributed by atoms with E-state index in [2.05, 4.69) is 19.2 Å². The Morgan fingerprint density at radius 3 is 2.58 bits per heavy atom. The summed E-state index contributed by atoms with van der Waals surface area (Å²) in [6.45, 7) is 5.26. The number of hydrogen-bond acceptors (Lipinski definition) is 2. The van der Waals surface area contributed by atoms with E-state index in [9.17, 15) is 0 Å². The molecule has 0 saturated heterocycles. The molecule has 0 fully saturated rings. The first-order chi connectivity index (χ1) is 5.85. The van der Waals surface area contributed by atoms with E-state index in [1.807, 2.05) is 6.19 Å². The molecule has 0 aromatic carbocycles. The fourth-order valence-corrected chi connectivity index (χ4v) is 1.32. The van der Waals surface area contributed by atoms with Gasteiger partial charge in [-0.3, -0.25) is 0 Å². The molecule has 2 heteroatoms. The highest BCUT2D eigenvalue weighted by atomic mass is 14.8. The molecular formula is C10H20N2. The van der Waals surface area contributed by atoms with E-state index in [1.165, 1.54) is 32.1 Å². The number of nitrogens with zero attached hydrogens (tertiary/aromatic N) is 1. The highest BCUT2D eigenvalue weighted by Crippen LogP contribution is 2.12. The molecule has 0 rings (SSSR count). The monoisotopic (exact) mass is 168 g/mol. The van der Waals surface area contributed by atoms with Gasteiger partial charge in [0.05, 0.1) is 0 Å². The Morgan fingerprint density at radius 2 is 2.08 bits per heavy atom. The van der Waals surface area contributed by atoms with Crippen LogP contribution in [-0.4, -0.2) is 6.54 Å². The van der Waals surface area contributed by atoms with E-state index in [-0.39, 0.29) is 0 Å². The van der Waals surface area contributed by atoms with Crippen LogP contribution in [0.15, 0.2) is 0 Å². The van der Waals surface area contributed by atoms with Crippen molar-refractivity contribution in [1.29, 1.82) is 5.26 Å². The van der Waals surface area contributed by atoms with Crippen LogP contribution in [0.5, 0.6) is 0 Å². The molecule has 0 bridgehead atoms. The smallest absolute Gasteiger partial charge is 0.176 e.